The van der Waals surface area contributed by atoms with E-state index in [4.69, 9.17) is 0 Å². The maximum absolute atomic E-state index is 13.4. The molecule has 3 aromatic rings. The summed E-state index contributed by atoms with van der Waals surface area (Å²) in [4.78, 5) is 18.8. The second-order valence-electron chi connectivity index (χ2n) is 7.03. The van der Waals surface area contributed by atoms with Crippen LogP contribution in [-0.4, -0.2) is 54.7 Å². The average molecular weight is 446 g/mol. The Morgan fingerprint density at radius 1 is 1.07 bits per heavy atom. The number of carbonyl (C=O) groups excluding carboxylic acids is 1. The number of amides is 1. The van der Waals surface area contributed by atoms with Crippen molar-refractivity contribution in [2.24, 2.45) is 0 Å². The number of halogens is 1. The molecule has 0 aliphatic carbocycles. The first-order chi connectivity index (χ1) is 14.3. The Morgan fingerprint density at radius 3 is 2.37 bits per heavy atom. The summed E-state index contributed by atoms with van der Waals surface area (Å²) in [6, 6.07) is 12.2. The van der Waals surface area contributed by atoms with Gasteiger partial charge in [-0.3, -0.25) is 4.79 Å². The van der Waals surface area contributed by atoms with Crippen molar-refractivity contribution in [1.29, 1.82) is 0 Å². The molecule has 0 bridgehead atoms. The summed E-state index contributed by atoms with van der Waals surface area (Å²) in [6.07, 6.45) is 0. The number of thiazole rings is 1. The molecule has 2 aromatic carbocycles. The van der Waals surface area contributed by atoms with E-state index in [1.807, 2.05) is 24.4 Å². The Bertz CT molecular complexity index is 1170. The summed E-state index contributed by atoms with van der Waals surface area (Å²) in [7, 11) is -3.78. The van der Waals surface area contributed by atoms with E-state index >= 15 is 0 Å². The zero-order valence-electron chi connectivity index (χ0n) is 16.3. The number of aryl methyl sites for hydroxylation is 1. The number of carbonyl (C=O) groups is 1. The van der Waals surface area contributed by atoms with Gasteiger partial charge in [0.25, 0.3) is 5.91 Å². The molecular formula is C21H20FN3O3S2. The van der Waals surface area contributed by atoms with Gasteiger partial charge in [0.15, 0.2) is 0 Å². The third-order valence-corrected chi connectivity index (χ3v) is 7.86. The van der Waals surface area contributed by atoms with E-state index in [0.717, 1.165) is 22.3 Å². The topological polar surface area (TPSA) is 70.6 Å². The molecule has 1 fully saturated rings. The van der Waals surface area contributed by atoms with Gasteiger partial charge in [-0.15, -0.1) is 11.3 Å². The van der Waals surface area contributed by atoms with Gasteiger partial charge in [0.1, 0.15) is 10.8 Å². The minimum atomic E-state index is -3.78. The molecule has 2 heterocycles. The zero-order chi connectivity index (χ0) is 21.3. The van der Waals surface area contributed by atoms with Crippen molar-refractivity contribution >= 4 is 27.3 Å². The largest absolute Gasteiger partial charge is 0.336 e. The fourth-order valence-corrected chi connectivity index (χ4v) is 5.59. The number of piperazine rings is 1. The lowest BCUT2D eigenvalue weighted by atomic mass is 10.1. The molecule has 156 valence electrons. The molecular weight excluding hydrogens is 425 g/mol. The van der Waals surface area contributed by atoms with Gasteiger partial charge in [-0.05, 0) is 37.3 Å². The molecule has 9 heteroatoms. The van der Waals surface area contributed by atoms with Gasteiger partial charge in [0, 0.05) is 48.4 Å². The lowest BCUT2D eigenvalue weighted by molar-refractivity contribution is 0.0698. The molecule has 0 unspecified atom stereocenters. The zero-order valence-corrected chi connectivity index (χ0v) is 17.9. The summed E-state index contributed by atoms with van der Waals surface area (Å²) in [5, 5.41) is 2.88. The average Bonchev–Trinajstić information content (AvgIpc) is 3.20. The molecule has 6 nitrogen and oxygen atoms in total. The second kappa shape index (κ2) is 8.25. The van der Waals surface area contributed by atoms with Gasteiger partial charge in [-0.25, -0.2) is 17.8 Å². The van der Waals surface area contributed by atoms with Gasteiger partial charge < -0.3 is 4.90 Å². The van der Waals surface area contributed by atoms with Crippen LogP contribution in [-0.2, 0) is 10.0 Å². The number of hydrogen-bond acceptors (Lipinski definition) is 5. The van der Waals surface area contributed by atoms with Crippen LogP contribution in [0.1, 0.15) is 16.1 Å². The van der Waals surface area contributed by atoms with Crippen molar-refractivity contribution in [3.05, 3.63) is 71.0 Å². The summed E-state index contributed by atoms with van der Waals surface area (Å²) in [5.41, 5.74) is 2.46. The van der Waals surface area contributed by atoms with E-state index in [2.05, 4.69) is 4.98 Å². The van der Waals surface area contributed by atoms with E-state index in [-0.39, 0.29) is 37.0 Å². The monoisotopic (exact) mass is 445 g/mol. The van der Waals surface area contributed by atoms with E-state index in [0.29, 0.717) is 5.56 Å². The fourth-order valence-electron chi connectivity index (χ4n) is 3.33. The molecule has 0 atom stereocenters. The van der Waals surface area contributed by atoms with E-state index in [1.54, 1.807) is 28.4 Å². The first-order valence-corrected chi connectivity index (χ1v) is 11.7. The van der Waals surface area contributed by atoms with Gasteiger partial charge in [0.2, 0.25) is 10.0 Å². The lowest BCUT2D eigenvalue weighted by Crippen LogP contribution is -2.50. The summed E-state index contributed by atoms with van der Waals surface area (Å²) < 4.78 is 40.1. The first-order valence-electron chi connectivity index (χ1n) is 9.42. The molecule has 0 saturated carbocycles. The molecule has 1 saturated heterocycles. The number of hydrogen-bond donors (Lipinski definition) is 0. The van der Waals surface area contributed by atoms with Gasteiger partial charge in [-0.2, -0.15) is 4.31 Å². The van der Waals surface area contributed by atoms with Crippen molar-refractivity contribution in [3.63, 3.8) is 0 Å². The van der Waals surface area contributed by atoms with Crippen LogP contribution in [0.5, 0.6) is 0 Å². The standard InChI is InChI=1S/C21H20FN3O3S2/c1-15-14-29-20(23-15)16-5-7-17(8-6-16)21(26)24-9-11-25(12-10-24)30(27,28)19-4-2-3-18(22)13-19/h2-8,13-14H,9-12H2,1H3. The van der Waals surface area contributed by atoms with Crippen molar-refractivity contribution in [2.75, 3.05) is 26.2 Å². The summed E-state index contributed by atoms with van der Waals surface area (Å²) in [5.74, 6) is -0.735. The van der Waals surface area contributed by atoms with Crippen LogP contribution in [0.15, 0.2) is 58.8 Å². The number of nitrogens with zero attached hydrogens (tertiary/aromatic N) is 3. The second-order valence-corrected chi connectivity index (χ2v) is 9.82. The van der Waals surface area contributed by atoms with Crippen LogP contribution in [0.4, 0.5) is 4.39 Å². The summed E-state index contributed by atoms with van der Waals surface area (Å²) >= 11 is 1.55. The maximum Gasteiger partial charge on any atom is 0.253 e. The third kappa shape index (κ3) is 4.14. The molecule has 0 N–H and O–H groups in total. The Morgan fingerprint density at radius 2 is 1.77 bits per heavy atom. The Labute approximate surface area is 178 Å². The number of benzene rings is 2. The Hall–Kier alpha value is -2.62. The molecule has 30 heavy (non-hydrogen) atoms. The predicted octanol–water partition coefficient (Wildman–Crippen LogP) is 3.40. The minimum Gasteiger partial charge on any atom is -0.336 e. The van der Waals surface area contributed by atoms with Crippen molar-refractivity contribution in [3.8, 4) is 10.6 Å². The highest BCUT2D eigenvalue weighted by Gasteiger charge is 2.30. The molecule has 1 aliphatic heterocycles. The number of rotatable bonds is 4. The first kappa shape index (κ1) is 20.6. The molecule has 1 amide bonds. The smallest absolute Gasteiger partial charge is 0.253 e. The normalized spacial score (nSPS) is 15.3. The van der Waals surface area contributed by atoms with E-state index in [9.17, 15) is 17.6 Å². The fraction of sp³-hybridized carbons (Fsp3) is 0.238. The molecule has 1 aromatic heterocycles. The van der Waals surface area contributed by atoms with E-state index < -0.39 is 15.8 Å². The maximum atomic E-state index is 13.4. The van der Waals surface area contributed by atoms with Crippen LogP contribution in [0.2, 0.25) is 0 Å². The van der Waals surface area contributed by atoms with Crippen LogP contribution in [0.3, 0.4) is 0 Å². The van der Waals surface area contributed by atoms with Crippen LogP contribution >= 0.6 is 11.3 Å². The molecule has 4 rings (SSSR count). The Balaban J connectivity index is 1.42. The van der Waals surface area contributed by atoms with Gasteiger partial charge in [0.05, 0.1) is 4.90 Å². The Kier molecular flexibility index (Phi) is 5.68. The van der Waals surface area contributed by atoms with Crippen molar-refractivity contribution in [2.45, 2.75) is 11.8 Å². The predicted molar refractivity (Wildman–Crippen MR) is 113 cm³/mol. The number of sulfonamides is 1. The SMILES string of the molecule is Cc1csc(-c2ccc(C(=O)N3CCN(S(=O)(=O)c4cccc(F)c4)CC3)cc2)n1. The quantitative estimate of drug-likeness (QED) is 0.617. The highest BCUT2D eigenvalue weighted by atomic mass is 32.2. The van der Waals surface area contributed by atoms with Crippen LogP contribution < -0.4 is 0 Å². The summed E-state index contributed by atoms with van der Waals surface area (Å²) in [6.45, 7) is 2.83. The molecule has 0 spiro atoms. The third-order valence-electron chi connectivity index (χ3n) is 4.96. The molecule has 0 radical (unpaired) electrons. The van der Waals surface area contributed by atoms with Crippen molar-refractivity contribution in [1.82, 2.24) is 14.2 Å². The van der Waals surface area contributed by atoms with E-state index in [1.165, 1.54) is 22.5 Å². The minimum absolute atomic E-state index is 0.0738. The van der Waals surface area contributed by atoms with Crippen molar-refractivity contribution < 1.29 is 17.6 Å². The van der Waals surface area contributed by atoms with Crippen LogP contribution in [0.25, 0.3) is 10.6 Å². The van der Waals surface area contributed by atoms with Gasteiger partial charge >= 0.3 is 0 Å². The molecule has 1 aliphatic rings. The van der Waals surface area contributed by atoms with Crippen LogP contribution in [0, 0.1) is 12.7 Å². The highest BCUT2D eigenvalue weighted by molar-refractivity contribution is 7.89. The highest BCUT2D eigenvalue weighted by Crippen LogP contribution is 2.24. The van der Waals surface area contributed by atoms with Gasteiger partial charge in [-0.1, -0.05) is 18.2 Å². The number of aromatic nitrogens is 1. The lowest BCUT2D eigenvalue weighted by Gasteiger charge is -2.34.